The van der Waals surface area contributed by atoms with Crippen LogP contribution in [0.2, 0.25) is 10.0 Å². The van der Waals surface area contributed by atoms with Crippen LogP contribution in [0.1, 0.15) is 25.2 Å². The standard InChI is InChI=1S/C23H25Cl2N5O3S/c1-4-15-5-7-19(8-6-15)33-14(2)22(32)26-12-20-28-29-23(30(20)3)34-13-21(31)27-18-10-16(24)9-17(25)11-18/h5-11,14H,4,12-13H2,1-3H3,(H,26,32)(H,27,31)/t14-/m0/s1. The van der Waals surface area contributed by atoms with E-state index in [9.17, 15) is 9.59 Å². The molecule has 2 amide bonds. The van der Waals surface area contributed by atoms with Crippen molar-refractivity contribution in [3.8, 4) is 5.75 Å². The Bertz CT molecular complexity index is 1130. The minimum atomic E-state index is -0.668. The Morgan fingerprint density at radius 3 is 2.44 bits per heavy atom. The zero-order valence-corrected chi connectivity index (χ0v) is 21.3. The van der Waals surface area contributed by atoms with Gasteiger partial charge in [0.1, 0.15) is 5.75 Å². The van der Waals surface area contributed by atoms with Crippen LogP contribution in [0.4, 0.5) is 5.69 Å². The summed E-state index contributed by atoms with van der Waals surface area (Å²) in [6.07, 6.45) is 0.272. The number of nitrogens with zero attached hydrogens (tertiary/aromatic N) is 3. The van der Waals surface area contributed by atoms with E-state index in [0.717, 1.165) is 6.42 Å². The summed E-state index contributed by atoms with van der Waals surface area (Å²) in [7, 11) is 1.77. The Morgan fingerprint density at radius 1 is 1.12 bits per heavy atom. The highest BCUT2D eigenvalue weighted by Crippen LogP contribution is 2.23. The topological polar surface area (TPSA) is 98.1 Å². The first kappa shape index (κ1) is 25.9. The van der Waals surface area contributed by atoms with E-state index in [1.807, 2.05) is 24.3 Å². The number of rotatable bonds is 10. The molecule has 0 saturated heterocycles. The van der Waals surface area contributed by atoms with Crippen molar-refractivity contribution in [3.05, 3.63) is 63.9 Å². The van der Waals surface area contributed by atoms with E-state index in [1.54, 1.807) is 36.7 Å². The van der Waals surface area contributed by atoms with Crippen molar-refractivity contribution in [1.82, 2.24) is 20.1 Å². The SMILES string of the molecule is CCc1ccc(O[C@@H](C)C(=O)NCc2nnc(SCC(=O)Nc3cc(Cl)cc(Cl)c3)n2C)cc1. The molecule has 2 N–H and O–H groups in total. The third-order valence-corrected chi connectivity index (χ3v) is 6.29. The number of hydrogen-bond donors (Lipinski definition) is 2. The van der Waals surface area contributed by atoms with Crippen molar-refractivity contribution in [1.29, 1.82) is 0 Å². The Labute approximate surface area is 212 Å². The Hall–Kier alpha value is -2.75. The molecule has 0 aliphatic carbocycles. The highest BCUT2D eigenvalue weighted by molar-refractivity contribution is 7.99. The van der Waals surface area contributed by atoms with Gasteiger partial charge in [-0.2, -0.15) is 0 Å². The maximum absolute atomic E-state index is 12.4. The molecular formula is C23H25Cl2N5O3S. The number of aryl methyl sites for hydroxylation is 1. The molecular weight excluding hydrogens is 497 g/mol. The molecule has 1 aromatic heterocycles. The molecule has 0 fully saturated rings. The Morgan fingerprint density at radius 2 is 1.79 bits per heavy atom. The maximum Gasteiger partial charge on any atom is 0.261 e. The molecule has 0 unspecified atom stereocenters. The van der Waals surface area contributed by atoms with E-state index < -0.39 is 6.10 Å². The summed E-state index contributed by atoms with van der Waals surface area (Å²) in [6.45, 7) is 3.94. The molecule has 0 bridgehead atoms. The molecule has 0 aliphatic rings. The number of hydrogen-bond acceptors (Lipinski definition) is 6. The van der Waals surface area contributed by atoms with Crippen LogP contribution in [0.3, 0.4) is 0 Å². The van der Waals surface area contributed by atoms with Crippen LogP contribution in [-0.2, 0) is 29.6 Å². The predicted octanol–water partition coefficient (Wildman–Crippen LogP) is 4.50. The second-order valence-corrected chi connectivity index (χ2v) is 9.24. The summed E-state index contributed by atoms with van der Waals surface area (Å²) in [6, 6.07) is 12.5. The van der Waals surface area contributed by atoms with E-state index in [0.29, 0.717) is 32.5 Å². The van der Waals surface area contributed by atoms with E-state index in [4.69, 9.17) is 27.9 Å². The van der Waals surface area contributed by atoms with Crippen molar-refractivity contribution in [3.63, 3.8) is 0 Å². The van der Waals surface area contributed by atoms with Crippen molar-refractivity contribution in [2.75, 3.05) is 11.1 Å². The van der Waals surface area contributed by atoms with Crippen LogP contribution in [0.15, 0.2) is 47.6 Å². The average molecular weight is 522 g/mol. The van der Waals surface area contributed by atoms with Gasteiger partial charge in [0.25, 0.3) is 5.91 Å². The highest BCUT2D eigenvalue weighted by Gasteiger charge is 2.17. The lowest BCUT2D eigenvalue weighted by atomic mass is 10.2. The molecule has 34 heavy (non-hydrogen) atoms. The highest BCUT2D eigenvalue weighted by atomic mass is 35.5. The summed E-state index contributed by atoms with van der Waals surface area (Å²) in [4.78, 5) is 24.7. The average Bonchev–Trinajstić information content (AvgIpc) is 3.15. The summed E-state index contributed by atoms with van der Waals surface area (Å²) in [5, 5.41) is 15.2. The fraction of sp³-hybridized carbons (Fsp3) is 0.304. The predicted molar refractivity (Wildman–Crippen MR) is 135 cm³/mol. The van der Waals surface area contributed by atoms with Gasteiger partial charge in [0.15, 0.2) is 17.1 Å². The van der Waals surface area contributed by atoms with Crippen molar-refractivity contribution in [2.45, 2.75) is 38.1 Å². The second-order valence-electron chi connectivity index (χ2n) is 7.43. The van der Waals surface area contributed by atoms with Gasteiger partial charge in [-0.25, -0.2) is 0 Å². The van der Waals surface area contributed by atoms with Gasteiger partial charge in [0.2, 0.25) is 5.91 Å². The van der Waals surface area contributed by atoms with Crippen LogP contribution < -0.4 is 15.4 Å². The monoisotopic (exact) mass is 521 g/mol. The van der Waals surface area contributed by atoms with E-state index >= 15 is 0 Å². The maximum atomic E-state index is 12.4. The lowest BCUT2D eigenvalue weighted by molar-refractivity contribution is -0.127. The molecule has 3 rings (SSSR count). The normalized spacial score (nSPS) is 11.7. The third-order valence-electron chi connectivity index (χ3n) is 4.84. The van der Waals surface area contributed by atoms with Crippen LogP contribution in [0.25, 0.3) is 0 Å². The number of ether oxygens (including phenoxy) is 1. The fourth-order valence-corrected chi connectivity index (χ4v) is 4.21. The number of carbonyl (C=O) groups is 2. The van der Waals surface area contributed by atoms with E-state index in [1.165, 1.54) is 17.3 Å². The molecule has 2 aromatic carbocycles. The van der Waals surface area contributed by atoms with Crippen LogP contribution >= 0.6 is 35.0 Å². The molecule has 0 radical (unpaired) electrons. The Kier molecular flexibility index (Phi) is 9.20. The van der Waals surface area contributed by atoms with Crippen molar-refractivity contribution in [2.24, 2.45) is 7.05 Å². The molecule has 1 atom stereocenters. The Balaban J connectivity index is 1.47. The molecule has 0 spiro atoms. The van der Waals surface area contributed by atoms with E-state index in [-0.39, 0.29) is 24.1 Å². The smallest absolute Gasteiger partial charge is 0.261 e. The van der Waals surface area contributed by atoms with Gasteiger partial charge >= 0.3 is 0 Å². The van der Waals surface area contributed by atoms with Crippen LogP contribution in [-0.4, -0.2) is 38.4 Å². The van der Waals surface area contributed by atoms with Crippen LogP contribution in [0, 0.1) is 0 Å². The van der Waals surface area contributed by atoms with Gasteiger partial charge in [0, 0.05) is 22.8 Å². The zero-order valence-electron chi connectivity index (χ0n) is 19.0. The number of aromatic nitrogens is 3. The summed E-state index contributed by atoms with van der Waals surface area (Å²) < 4.78 is 7.43. The number of halogens is 2. The van der Waals surface area contributed by atoms with Crippen molar-refractivity contribution < 1.29 is 14.3 Å². The van der Waals surface area contributed by atoms with E-state index in [2.05, 4.69) is 27.8 Å². The number of benzene rings is 2. The fourth-order valence-electron chi connectivity index (χ4n) is 2.95. The van der Waals surface area contributed by atoms with Gasteiger partial charge < -0.3 is 19.9 Å². The first-order valence-corrected chi connectivity index (χ1v) is 12.3. The summed E-state index contributed by atoms with van der Waals surface area (Å²) in [5.41, 5.74) is 1.72. The molecule has 11 heteroatoms. The van der Waals surface area contributed by atoms with Crippen LogP contribution in [0.5, 0.6) is 5.75 Å². The minimum absolute atomic E-state index is 0.115. The lowest BCUT2D eigenvalue weighted by Gasteiger charge is -2.15. The van der Waals surface area contributed by atoms with Gasteiger partial charge in [0.05, 0.1) is 12.3 Å². The summed E-state index contributed by atoms with van der Waals surface area (Å²) >= 11 is 13.1. The van der Waals surface area contributed by atoms with Gasteiger partial charge in [-0.1, -0.05) is 54.0 Å². The minimum Gasteiger partial charge on any atom is -0.481 e. The largest absolute Gasteiger partial charge is 0.481 e. The van der Waals surface area contributed by atoms with Gasteiger partial charge in [-0.3, -0.25) is 9.59 Å². The number of nitrogens with one attached hydrogen (secondary N) is 2. The summed E-state index contributed by atoms with van der Waals surface area (Å²) in [5.74, 6) is 0.799. The first-order valence-electron chi connectivity index (χ1n) is 10.6. The quantitative estimate of drug-likeness (QED) is 0.381. The number of amides is 2. The van der Waals surface area contributed by atoms with Crippen molar-refractivity contribution >= 4 is 52.5 Å². The lowest BCUT2D eigenvalue weighted by Crippen LogP contribution is -2.36. The molecule has 0 saturated carbocycles. The molecule has 0 aliphatic heterocycles. The molecule has 8 nitrogen and oxygen atoms in total. The number of anilines is 1. The molecule has 1 heterocycles. The zero-order chi connectivity index (χ0) is 24.7. The first-order chi connectivity index (χ1) is 16.2. The van der Waals surface area contributed by atoms with Gasteiger partial charge in [-0.15, -0.1) is 10.2 Å². The molecule has 180 valence electrons. The van der Waals surface area contributed by atoms with Gasteiger partial charge in [-0.05, 0) is 49.2 Å². The molecule has 3 aromatic rings. The second kappa shape index (κ2) is 12.1. The third kappa shape index (κ3) is 7.38. The number of carbonyl (C=O) groups excluding carboxylic acids is 2. The number of thioether (sulfide) groups is 1.